The minimum absolute atomic E-state index is 0.0622. The summed E-state index contributed by atoms with van der Waals surface area (Å²) in [7, 11) is -3.43. The Morgan fingerprint density at radius 1 is 1.29 bits per heavy atom. The van der Waals surface area contributed by atoms with Crippen LogP contribution in [-0.2, 0) is 14.6 Å². The molecule has 0 atom stereocenters. The number of hydrogen-bond acceptors (Lipinski definition) is 5. The number of benzene rings is 1. The van der Waals surface area contributed by atoms with Gasteiger partial charge in [-0.1, -0.05) is 6.07 Å². The number of sulfone groups is 1. The summed E-state index contributed by atoms with van der Waals surface area (Å²) >= 11 is 0. The van der Waals surface area contributed by atoms with Crippen molar-refractivity contribution in [3.8, 4) is 5.75 Å². The zero-order valence-electron chi connectivity index (χ0n) is 11.5. The van der Waals surface area contributed by atoms with Gasteiger partial charge >= 0.3 is 5.97 Å². The lowest BCUT2D eigenvalue weighted by atomic mass is 10.1. The first-order valence-corrected chi connectivity index (χ1v) is 7.99. The Labute approximate surface area is 122 Å². The van der Waals surface area contributed by atoms with Gasteiger partial charge in [-0.3, -0.25) is 4.79 Å². The second-order valence-electron chi connectivity index (χ2n) is 4.50. The van der Waals surface area contributed by atoms with Crippen LogP contribution in [0.15, 0.2) is 18.2 Å². The number of carbonyl (C=O) groups excluding carboxylic acids is 1. The third-order valence-electron chi connectivity index (χ3n) is 2.75. The van der Waals surface area contributed by atoms with E-state index in [-0.39, 0.29) is 30.1 Å². The lowest BCUT2D eigenvalue weighted by Crippen LogP contribution is -2.21. The van der Waals surface area contributed by atoms with Crippen molar-refractivity contribution in [1.82, 2.24) is 0 Å². The summed E-state index contributed by atoms with van der Waals surface area (Å²) in [6.07, 6.45) is -0.226. The van der Waals surface area contributed by atoms with Gasteiger partial charge in [-0.25, -0.2) is 13.2 Å². The van der Waals surface area contributed by atoms with Crippen molar-refractivity contribution in [3.05, 3.63) is 29.3 Å². The van der Waals surface area contributed by atoms with Gasteiger partial charge in [0.2, 0.25) is 5.91 Å². The van der Waals surface area contributed by atoms with Gasteiger partial charge in [0.25, 0.3) is 0 Å². The quantitative estimate of drug-likeness (QED) is 0.714. The fraction of sp³-hybridized carbons (Fsp3) is 0.385. The van der Waals surface area contributed by atoms with Crippen LogP contribution in [0.25, 0.3) is 0 Å². The Kier molecular flexibility index (Phi) is 5.71. The SMILES string of the molecule is Cc1ccc(C(=O)O)cc1OCCS(=O)(=O)CCC(N)=O. The fourth-order valence-electron chi connectivity index (χ4n) is 1.53. The van der Waals surface area contributed by atoms with E-state index in [1.807, 2.05) is 0 Å². The maximum atomic E-state index is 11.6. The Hall–Kier alpha value is -2.09. The Morgan fingerprint density at radius 2 is 1.95 bits per heavy atom. The normalized spacial score (nSPS) is 11.1. The number of carboxylic acid groups (broad SMARTS) is 1. The molecule has 7 nitrogen and oxygen atoms in total. The van der Waals surface area contributed by atoms with Crippen molar-refractivity contribution in [2.45, 2.75) is 13.3 Å². The molecule has 0 unspecified atom stereocenters. The highest BCUT2D eigenvalue weighted by atomic mass is 32.2. The highest BCUT2D eigenvalue weighted by Crippen LogP contribution is 2.19. The maximum absolute atomic E-state index is 11.6. The zero-order chi connectivity index (χ0) is 16.0. The summed E-state index contributed by atoms with van der Waals surface area (Å²) in [4.78, 5) is 21.4. The van der Waals surface area contributed by atoms with E-state index in [2.05, 4.69) is 0 Å². The van der Waals surface area contributed by atoms with Crippen LogP contribution < -0.4 is 10.5 Å². The number of primary amides is 1. The number of hydrogen-bond donors (Lipinski definition) is 2. The minimum atomic E-state index is -3.43. The van der Waals surface area contributed by atoms with Gasteiger partial charge in [0, 0.05) is 6.42 Å². The Balaban J connectivity index is 2.61. The molecule has 0 bridgehead atoms. The van der Waals surface area contributed by atoms with E-state index < -0.39 is 21.7 Å². The first-order chi connectivity index (χ1) is 9.71. The number of amides is 1. The average Bonchev–Trinajstić information content (AvgIpc) is 2.38. The van der Waals surface area contributed by atoms with Crippen molar-refractivity contribution in [2.24, 2.45) is 5.73 Å². The largest absolute Gasteiger partial charge is 0.492 e. The Bertz CT molecular complexity index is 638. The number of aromatic carboxylic acids is 1. The van der Waals surface area contributed by atoms with E-state index in [0.717, 1.165) is 0 Å². The first kappa shape index (κ1) is 17.0. The molecule has 1 aromatic carbocycles. The molecule has 3 N–H and O–H groups in total. The van der Waals surface area contributed by atoms with Crippen molar-refractivity contribution < 1.29 is 27.9 Å². The Morgan fingerprint density at radius 3 is 2.52 bits per heavy atom. The molecule has 1 amide bonds. The summed E-state index contributed by atoms with van der Waals surface area (Å²) in [5.41, 5.74) is 5.66. The molecule has 0 radical (unpaired) electrons. The third kappa shape index (κ3) is 5.82. The predicted octanol–water partition coefficient (Wildman–Crippen LogP) is 0.362. The molecule has 0 heterocycles. The van der Waals surface area contributed by atoms with Crippen LogP contribution in [0.1, 0.15) is 22.3 Å². The second kappa shape index (κ2) is 7.07. The van der Waals surface area contributed by atoms with E-state index in [4.69, 9.17) is 15.6 Å². The third-order valence-corrected chi connectivity index (χ3v) is 4.36. The summed E-state index contributed by atoms with van der Waals surface area (Å²) in [5.74, 6) is -2.03. The molecule has 0 spiro atoms. The molecule has 1 rings (SSSR count). The fourth-order valence-corrected chi connectivity index (χ4v) is 2.58. The first-order valence-electron chi connectivity index (χ1n) is 6.17. The van der Waals surface area contributed by atoms with Crippen molar-refractivity contribution >= 4 is 21.7 Å². The molecule has 0 aliphatic rings. The molecule has 1 aromatic rings. The van der Waals surface area contributed by atoms with E-state index in [1.54, 1.807) is 13.0 Å². The van der Waals surface area contributed by atoms with Gasteiger partial charge in [-0.05, 0) is 24.6 Å². The van der Waals surface area contributed by atoms with Crippen molar-refractivity contribution in [1.29, 1.82) is 0 Å². The molecule has 0 aromatic heterocycles. The molecule has 0 fully saturated rings. The van der Waals surface area contributed by atoms with Crippen molar-refractivity contribution in [3.63, 3.8) is 0 Å². The van der Waals surface area contributed by atoms with Crippen LogP contribution >= 0.6 is 0 Å². The summed E-state index contributed by atoms with van der Waals surface area (Å²) in [5, 5.41) is 8.88. The molecule has 8 heteroatoms. The molecule has 0 saturated carbocycles. The van der Waals surface area contributed by atoms with Crippen LogP contribution in [0, 0.1) is 6.92 Å². The maximum Gasteiger partial charge on any atom is 0.335 e. The molecular weight excluding hydrogens is 298 g/mol. The van der Waals surface area contributed by atoms with Crippen LogP contribution in [-0.4, -0.2) is 43.5 Å². The standard InChI is InChI=1S/C13H17NO6S/c1-9-2-3-10(13(16)17)8-11(9)20-5-7-21(18,19)6-4-12(14)15/h2-3,8H,4-7H2,1H3,(H2,14,15)(H,16,17). The topological polar surface area (TPSA) is 124 Å². The van der Waals surface area contributed by atoms with Gasteiger partial charge in [0.05, 0.1) is 17.1 Å². The van der Waals surface area contributed by atoms with E-state index in [9.17, 15) is 18.0 Å². The van der Waals surface area contributed by atoms with E-state index in [1.165, 1.54) is 12.1 Å². The van der Waals surface area contributed by atoms with Crippen LogP contribution in [0.5, 0.6) is 5.75 Å². The van der Waals surface area contributed by atoms with E-state index >= 15 is 0 Å². The van der Waals surface area contributed by atoms with Gasteiger partial charge in [-0.2, -0.15) is 0 Å². The molecule has 0 aliphatic carbocycles. The summed E-state index contributed by atoms with van der Waals surface area (Å²) < 4.78 is 28.5. The highest BCUT2D eigenvalue weighted by Gasteiger charge is 2.13. The number of ether oxygens (including phenoxy) is 1. The molecule has 0 saturated heterocycles. The number of rotatable bonds is 8. The van der Waals surface area contributed by atoms with Gasteiger partial charge in [-0.15, -0.1) is 0 Å². The highest BCUT2D eigenvalue weighted by molar-refractivity contribution is 7.91. The number of carbonyl (C=O) groups is 2. The number of carboxylic acids is 1. The molecule has 21 heavy (non-hydrogen) atoms. The molecule has 0 aliphatic heterocycles. The van der Waals surface area contributed by atoms with Gasteiger partial charge in [0.15, 0.2) is 9.84 Å². The van der Waals surface area contributed by atoms with Gasteiger partial charge < -0.3 is 15.6 Å². The molecular formula is C13H17NO6S. The van der Waals surface area contributed by atoms with Crippen LogP contribution in [0.4, 0.5) is 0 Å². The van der Waals surface area contributed by atoms with Crippen LogP contribution in [0.2, 0.25) is 0 Å². The monoisotopic (exact) mass is 315 g/mol. The summed E-state index contributed by atoms with van der Waals surface area (Å²) in [6.45, 7) is 1.60. The molecule has 116 valence electrons. The smallest absolute Gasteiger partial charge is 0.335 e. The zero-order valence-corrected chi connectivity index (χ0v) is 12.4. The summed E-state index contributed by atoms with van der Waals surface area (Å²) in [6, 6.07) is 4.36. The van der Waals surface area contributed by atoms with Gasteiger partial charge in [0.1, 0.15) is 12.4 Å². The number of aryl methyl sites for hydroxylation is 1. The van der Waals surface area contributed by atoms with Crippen LogP contribution in [0.3, 0.4) is 0 Å². The lowest BCUT2D eigenvalue weighted by molar-refractivity contribution is -0.117. The van der Waals surface area contributed by atoms with Crippen molar-refractivity contribution in [2.75, 3.05) is 18.1 Å². The van der Waals surface area contributed by atoms with E-state index in [0.29, 0.717) is 11.3 Å². The predicted molar refractivity (Wildman–Crippen MR) is 76.1 cm³/mol. The second-order valence-corrected chi connectivity index (χ2v) is 6.81. The average molecular weight is 315 g/mol. The number of nitrogens with two attached hydrogens (primary N) is 1. The minimum Gasteiger partial charge on any atom is -0.492 e. The lowest BCUT2D eigenvalue weighted by Gasteiger charge is -2.10.